The van der Waals surface area contributed by atoms with Gasteiger partial charge in [0.15, 0.2) is 0 Å². The third-order valence-electron chi connectivity index (χ3n) is 3.79. The minimum atomic E-state index is -0.299. The number of carbonyl (C=O) groups excluding carboxylic acids is 1. The molecule has 1 amide bonds. The summed E-state index contributed by atoms with van der Waals surface area (Å²) < 4.78 is 10.6. The van der Waals surface area contributed by atoms with Crippen molar-refractivity contribution in [2.45, 2.75) is 12.5 Å². The van der Waals surface area contributed by atoms with Gasteiger partial charge >= 0.3 is 0 Å². The Kier molecular flexibility index (Phi) is 4.96. The molecule has 24 heavy (non-hydrogen) atoms. The monoisotopic (exact) mass is 321 g/mol. The summed E-state index contributed by atoms with van der Waals surface area (Å²) in [6, 6.07) is 20.7. The molecule has 1 aromatic heterocycles. The van der Waals surface area contributed by atoms with Crippen LogP contribution in [-0.2, 0) is 11.2 Å². The quantitative estimate of drug-likeness (QED) is 0.752. The molecule has 0 aliphatic carbocycles. The normalized spacial score (nSPS) is 11.7. The van der Waals surface area contributed by atoms with Crippen LogP contribution in [0.4, 0.5) is 0 Å². The van der Waals surface area contributed by atoms with Gasteiger partial charge in [0.25, 0.3) is 0 Å². The van der Waals surface area contributed by atoms with Gasteiger partial charge in [-0.15, -0.1) is 0 Å². The van der Waals surface area contributed by atoms with E-state index < -0.39 is 0 Å². The highest BCUT2D eigenvalue weighted by atomic mass is 16.5. The highest BCUT2D eigenvalue weighted by molar-refractivity contribution is 5.79. The lowest BCUT2D eigenvalue weighted by molar-refractivity contribution is -0.121. The number of nitrogens with one attached hydrogen (secondary N) is 1. The van der Waals surface area contributed by atoms with E-state index in [-0.39, 0.29) is 11.9 Å². The molecular formula is C20H19NO3. The number of carbonyl (C=O) groups is 1. The van der Waals surface area contributed by atoms with E-state index in [9.17, 15) is 4.79 Å². The number of methoxy groups -OCH3 is 1. The van der Waals surface area contributed by atoms with Gasteiger partial charge in [0, 0.05) is 0 Å². The molecule has 1 N–H and O–H groups in total. The van der Waals surface area contributed by atoms with Gasteiger partial charge in [0.05, 0.1) is 19.8 Å². The van der Waals surface area contributed by atoms with E-state index in [1.54, 1.807) is 13.4 Å². The zero-order valence-corrected chi connectivity index (χ0v) is 13.4. The van der Waals surface area contributed by atoms with Crippen LogP contribution in [0.2, 0.25) is 0 Å². The molecule has 1 atom stereocenters. The summed E-state index contributed by atoms with van der Waals surface area (Å²) in [4.78, 5) is 12.5. The minimum Gasteiger partial charge on any atom is -0.497 e. The van der Waals surface area contributed by atoms with Crippen LogP contribution >= 0.6 is 0 Å². The summed E-state index contributed by atoms with van der Waals surface area (Å²) in [5.41, 5.74) is 1.91. The number of ether oxygens (including phenoxy) is 1. The van der Waals surface area contributed by atoms with E-state index in [2.05, 4.69) is 5.32 Å². The van der Waals surface area contributed by atoms with Gasteiger partial charge in [-0.1, -0.05) is 42.5 Å². The molecule has 0 radical (unpaired) electrons. The fraction of sp³-hybridized carbons (Fsp3) is 0.150. The third kappa shape index (κ3) is 3.84. The Hall–Kier alpha value is -3.01. The molecular weight excluding hydrogens is 302 g/mol. The fourth-order valence-electron chi connectivity index (χ4n) is 2.56. The van der Waals surface area contributed by atoms with Gasteiger partial charge in [-0.3, -0.25) is 4.79 Å². The maximum Gasteiger partial charge on any atom is 0.225 e. The molecule has 1 heterocycles. The second-order valence-corrected chi connectivity index (χ2v) is 5.45. The Labute approximate surface area is 141 Å². The number of hydrogen-bond donors (Lipinski definition) is 1. The summed E-state index contributed by atoms with van der Waals surface area (Å²) >= 11 is 0. The molecule has 0 aliphatic rings. The summed E-state index contributed by atoms with van der Waals surface area (Å²) in [6.07, 6.45) is 1.91. The van der Waals surface area contributed by atoms with E-state index in [4.69, 9.17) is 9.15 Å². The fourth-order valence-corrected chi connectivity index (χ4v) is 2.56. The van der Waals surface area contributed by atoms with Crippen molar-refractivity contribution in [2.75, 3.05) is 7.11 Å². The Morgan fingerprint density at radius 3 is 2.42 bits per heavy atom. The maximum absolute atomic E-state index is 12.5. The Balaban J connectivity index is 1.73. The Bertz CT molecular complexity index is 764. The van der Waals surface area contributed by atoms with Crippen molar-refractivity contribution in [3.63, 3.8) is 0 Å². The smallest absolute Gasteiger partial charge is 0.225 e. The highest BCUT2D eigenvalue weighted by Crippen LogP contribution is 2.22. The van der Waals surface area contributed by atoms with E-state index >= 15 is 0 Å². The average Bonchev–Trinajstić information content (AvgIpc) is 3.15. The SMILES string of the molecule is COc1ccc(CC(=O)N[C@H](c2ccccc2)c2ccco2)cc1. The lowest BCUT2D eigenvalue weighted by Gasteiger charge is -2.17. The van der Waals surface area contributed by atoms with Gasteiger partial charge in [-0.05, 0) is 35.4 Å². The second kappa shape index (κ2) is 7.51. The van der Waals surface area contributed by atoms with Crippen molar-refractivity contribution in [3.8, 4) is 5.75 Å². The predicted molar refractivity (Wildman–Crippen MR) is 91.8 cm³/mol. The van der Waals surface area contributed by atoms with Crippen LogP contribution in [0, 0.1) is 0 Å². The van der Waals surface area contributed by atoms with Crippen LogP contribution in [0.5, 0.6) is 5.75 Å². The molecule has 4 nitrogen and oxygen atoms in total. The van der Waals surface area contributed by atoms with Crippen LogP contribution in [0.25, 0.3) is 0 Å². The first kappa shape index (κ1) is 15.9. The molecule has 122 valence electrons. The van der Waals surface area contributed by atoms with Crippen molar-refractivity contribution in [1.82, 2.24) is 5.32 Å². The van der Waals surface area contributed by atoms with Crippen LogP contribution in [0.15, 0.2) is 77.4 Å². The van der Waals surface area contributed by atoms with E-state index in [0.717, 1.165) is 16.9 Å². The van der Waals surface area contributed by atoms with E-state index in [1.807, 2.05) is 66.7 Å². The number of amides is 1. The Morgan fingerprint density at radius 2 is 1.79 bits per heavy atom. The predicted octanol–water partition coefficient (Wildman–Crippen LogP) is 3.74. The summed E-state index contributed by atoms with van der Waals surface area (Å²) in [7, 11) is 1.62. The molecule has 0 bridgehead atoms. The molecule has 0 fully saturated rings. The summed E-state index contributed by atoms with van der Waals surface area (Å²) in [5.74, 6) is 1.42. The number of rotatable bonds is 6. The Morgan fingerprint density at radius 1 is 1.04 bits per heavy atom. The highest BCUT2D eigenvalue weighted by Gasteiger charge is 2.19. The van der Waals surface area contributed by atoms with Crippen LogP contribution < -0.4 is 10.1 Å². The lowest BCUT2D eigenvalue weighted by Crippen LogP contribution is -2.30. The number of hydrogen-bond acceptors (Lipinski definition) is 3. The van der Waals surface area contributed by atoms with Crippen LogP contribution in [0.3, 0.4) is 0 Å². The van der Waals surface area contributed by atoms with Gasteiger partial charge < -0.3 is 14.5 Å². The van der Waals surface area contributed by atoms with E-state index in [1.165, 1.54) is 0 Å². The number of furan rings is 1. The van der Waals surface area contributed by atoms with Gasteiger partial charge in [-0.25, -0.2) is 0 Å². The largest absolute Gasteiger partial charge is 0.497 e. The first-order valence-corrected chi connectivity index (χ1v) is 7.77. The molecule has 4 heteroatoms. The molecule has 0 saturated carbocycles. The van der Waals surface area contributed by atoms with E-state index in [0.29, 0.717) is 12.2 Å². The third-order valence-corrected chi connectivity index (χ3v) is 3.79. The second-order valence-electron chi connectivity index (χ2n) is 5.45. The molecule has 0 unspecified atom stereocenters. The molecule has 2 aromatic carbocycles. The molecule has 0 aliphatic heterocycles. The maximum atomic E-state index is 12.5. The first-order valence-electron chi connectivity index (χ1n) is 7.77. The van der Waals surface area contributed by atoms with Gasteiger partial charge in [-0.2, -0.15) is 0 Å². The van der Waals surface area contributed by atoms with Crippen molar-refractivity contribution >= 4 is 5.91 Å². The first-order chi connectivity index (χ1) is 11.8. The van der Waals surface area contributed by atoms with Crippen molar-refractivity contribution in [3.05, 3.63) is 89.9 Å². The number of benzene rings is 2. The zero-order valence-electron chi connectivity index (χ0n) is 13.4. The van der Waals surface area contributed by atoms with Crippen molar-refractivity contribution < 1.29 is 13.9 Å². The van der Waals surface area contributed by atoms with Crippen LogP contribution in [0.1, 0.15) is 22.9 Å². The summed E-state index contributed by atoms with van der Waals surface area (Å²) in [5, 5.41) is 3.05. The lowest BCUT2D eigenvalue weighted by atomic mass is 10.0. The standard InChI is InChI=1S/C20H19NO3/c1-23-17-11-9-15(10-12-17)14-19(22)21-20(18-8-5-13-24-18)16-6-3-2-4-7-16/h2-13,20H,14H2,1H3,(H,21,22)/t20-/m1/s1. The summed E-state index contributed by atoms with van der Waals surface area (Å²) in [6.45, 7) is 0. The van der Waals surface area contributed by atoms with Gasteiger partial charge in [0.1, 0.15) is 17.6 Å². The van der Waals surface area contributed by atoms with Crippen LogP contribution in [-0.4, -0.2) is 13.0 Å². The zero-order chi connectivity index (χ0) is 16.8. The van der Waals surface area contributed by atoms with Gasteiger partial charge in [0.2, 0.25) is 5.91 Å². The molecule has 3 rings (SSSR count). The molecule has 0 spiro atoms. The van der Waals surface area contributed by atoms with Crippen molar-refractivity contribution in [1.29, 1.82) is 0 Å². The molecule has 0 saturated heterocycles. The topological polar surface area (TPSA) is 51.5 Å². The van der Waals surface area contributed by atoms with Crippen molar-refractivity contribution in [2.24, 2.45) is 0 Å². The molecule has 3 aromatic rings. The minimum absolute atomic E-state index is 0.0644. The average molecular weight is 321 g/mol.